The fourth-order valence-electron chi connectivity index (χ4n) is 1.98. The standard InChI is InChI=1S/C12H14N4O3/c1-15-11(9-4-2-3-5-13-9)14-16(12(15)17)8-10-18-6-7-19-10/h2-5,10H,6-8H2,1H3. The highest BCUT2D eigenvalue weighted by molar-refractivity contribution is 5.48. The molecule has 7 nitrogen and oxygen atoms in total. The van der Waals surface area contributed by atoms with Gasteiger partial charge in [0.2, 0.25) is 0 Å². The van der Waals surface area contributed by atoms with Crippen molar-refractivity contribution in [3.05, 3.63) is 34.9 Å². The molecule has 2 aromatic heterocycles. The molecule has 0 unspecified atom stereocenters. The first-order chi connectivity index (χ1) is 9.25. The highest BCUT2D eigenvalue weighted by atomic mass is 16.7. The lowest BCUT2D eigenvalue weighted by Crippen LogP contribution is -2.28. The average molecular weight is 262 g/mol. The van der Waals surface area contributed by atoms with Crippen LogP contribution in [-0.2, 0) is 23.1 Å². The second-order valence-corrected chi connectivity index (χ2v) is 4.23. The summed E-state index contributed by atoms with van der Waals surface area (Å²) in [5, 5.41) is 4.29. The summed E-state index contributed by atoms with van der Waals surface area (Å²) in [6.45, 7) is 1.40. The average Bonchev–Trinajstić information content (AvgIpc) is 3.04. The topological polar surface area (TPSA) is 71.2 Å². The van der Waals surface area contributed by atoms with Crippen LogP contribution in [0.2, 0.25) is 0 Å². The van der Waals surface area contributed by atoms with Crippen LogP contribution in [0.1, 0.15) is 0 Å². The van der Waals surface area contributed by atoms with Gasteiger partial charge in [0.1, 0.15) is 5.69 Å². The molecule has 0 saturated carbocycles. The molecule has 1 saturated heterocycles. The van der Waals surface area contributed by atoms with Crippen LogP contribution in [0, 0.1) is 0 Å². The number of ether oxygens (including phenoxy) is 2. The molecule has 1 aliphatic heterocycles. The zero-order valence-electron chi connectivity index (χ0n) is 10.5. The molecule has 100 valence electrons. The Balaban J connectivity index is 1.93. The Hall–Kier alpha value is -1.99. The number of pyridine rings is 1. The van der Waals surface area contributed by atoms with E-state index in [-0.39, 0.29) is 5.69 Å². The number of aromatic nitrogens is 4. The first-order valence-corrected chi connectivity index (χ1v) is 6.04. The Morgan fingerprint density at radius 2 is 2.16 bits per heavy atom. The SMILES string of the molecule is Cn1c(-c2ccccn2)nn(CC2OCCO2)c1=O. The molecule has 7 heteroatoms. The van der Waals surface area contributed by atoms with Crippen molar-refractivity contribution in [1.82, 2.24) is 19.3 Å². The first kappa shape index (κ1) is 12.1. The normalized spacial score (nSPS) is 16.1. The van der Waals surface area contributed by atoms with Gasteiger partial charge >= 0.3 is 5.69 Å². The number of rotatable bonds is 3. The summed E-state index contributed by atoms with van der Waals surface area (Å²) in [5.41, 5.74) is 0.453. The van der Waals surface area contributed by atoms with Gasteiger partial charge in [0.15, 0.2) is 12.1 Å². The van der Waals surface area contributed by atoms with Gasteiger partial charge in [-0.3, -0.25) is 9.55 Å². The summed E-state index contributed by atoms with van der Waals surface area (Å²) in [5.74, 6) is 0.531. The van der Waals surface area contributed by atoms with E-state index in [9.17, 15) is 4.79 Å². The van der Waals surface area contributed by atoms with Gasteiger partial charge in [-0.15, -0.1) is 5.10 Å². The Bertz CT molecular complexity index is 614. The van der Waals surface area contributed by atoms with Gasteiger partial charge in [-0.2, -0.15) is 0 Å². The van der Waals surface area contributed by atoms with Crippen LogP contribution in [0.15, 0.2) is 29.2 Å². The molecule has 1 fully saturated rings. The molecule has 19 heavy (non-hydrogen) atoms. The van der Waals surface area contributed by atoms with Gasteiger partial charge in [-0.05, 0) is 12.1 Å². The summed E-state index contributed by atoms with van der Waals surface area (Å²) in [6.07, 6.45) is 1.27. The molecule has 0 spiro atoms. The van der Waals surface area contributed by atoms with Gasteiger partial charge in [0.25, 0.3) is 0 Å². The van der Waals surface area contributed by atoms with Crippen LogP contribution >= 0.6 is 0 Å². The van der Waals surface area contributed by atoms with E-state index in [1.807, 2.05) is 18.2 Å². The van der Waals surface area contributed by atoms with Gasteiger partial charge in [-0.1, -0.05) is 6.07 Å². The van der Waals surface area contributed by atoms with Crippen LogP contribution in [0.3, 0.4) is 0 Å². The Kier molecular flexibility index (Phi) is 3.14. The number of hydrogen-bond acceptors (Lipinski definition) is 5. The van der Waals surface area contributed by atoms with Crippen molar-refractivity contribution in [3.8, 4) is 11.5 Å². The maximum absolute atomic E-state index is 12.1. The molecule has 3 rings (SSSR count). The zero-order chi connectivity index (χ0) is 13.2. The maximum atomic E-state index is 12.1. The van der Waals surface area contributed by atoms with Crippen LogP contribution in [-0.4, -0.2) is 38.8 Å². The smallest absolute Gasteiger partial charge is 0.346 e. The van der Waals surface area contributed by atoms with Gasteiger partial charge in [0, 0.05) is 13.2 Å². The zero-order valence-corrected chi connectivity index (χ0v) is 10.5. The number of hydrogen-bond donors (Lipinski definition) is 0. The van der Waals surface area contributed by atoms with E-state index >= 15 is 0 Å². The predicted octanol–water partition coefficient (Wildman–Crippen LogP) is 0.0167. The molecule has 0 bridgehead atoms. The van der Waals surface area contributed by atoms with Crippen LogP contribution in [0.5, 0.6) is 0 Å². The molecule has 0 N–H and O–H groups in total. The van der Waals surface area contributed by atoms with Crippen molar-refractivity contribution < 1.29 is 9.47 Å². The largest absolute Gasteiger partial charge is 0.348 e. The first-order valence-electron chi connectivity index (χ1n) is 6.04. The van der Waals surface area contributed by atoms with E-state index in [1.165, 1.54) is 9.25 Å². The van der Waals surface area contributed by atoms with Crippen LogP contribution in [0.4, 0.5) is 0 Å². The van der Waals surface area contributed by atoms with Crippen LogP contribution in [0.25, 0.3) is 11.5 Å². The molecule has 0 radical (unpaired) electrons. The molecule has 2 aromatic rings. The molecule has 0 amide bonds. The maximum Gasteiger partial charge on any atom is 0.346 e. The highest BCUT2D eigenvalue weighted by Gasteiger charge is 2.20. The van der Waals surface area contributed by atoms with E-state index in [1.54, 1.807) is 13.2 Å². The molecule has 3 heterocycles. The molecule has 0 aromatic carbocycles. The lowest BCUT2D eigenvalue weighted by molar-refractivity contribution is -0.0552. The van der Waals surface area contributed by atoms with Gasteiger partial charge in [-0.25, -0.2) is 9.48 Å². The Labute approximate surface area is 109 Å². The Morgan fingerprint density at radius 3 is 2.84 bits per heavy atom. The Morgan fingerprint density at radius 1 is 1.37 bits per heavy atom. The summed E-state index contributed by atoms with van der Waals surface area (Å²) >= 11 is 0. The van der Waals surface area contributed by atoms with E-state index in [0.29, 0.717) is 31.3 Å². The predicted molar refractivity (Wildman–Crippen MR) is 66.4 cm³/mol. The summed E-state index contributed by atoms with van der Waals surface area (Å²) in [4.78, 5) is 16.3. The minimum Gasteiger partial charge on any atom is -0.348 e. The summed E-state index contributed by atoms with van der Waals surface area (Å²) < 4.78 is 13.5. The van der Waals surface area contributed by atoms with Crippen molar-refractivity contribution in [3.63, 3.8) is 0 Å². The van der Waals surface area contributed by atoms with Crippen molar-refractivity contribution in [2.75, 3.05) is 13.2 Å². The van der Waals surface area contributed by atoms with E-state index < -0.39 is 6.29 Å². The van der Waals surface area contributed by atoms with E-state index in [0.717, 1.165) is 0 Å². The van der Waals surface area contributed by atoms with E-state index in [4.69, 9.17) is 9.47 Å². The lowest BCUT2D eigenvalue weighted by atomic mass is 10.3. The van der Waals surface area contributed by atoms with Crippen LogP contribution < -0.4 is 5.69 Å². The third-order valence-corrected chi connectivity index (χ3v) is 2.95. The molecule has 0 aliphatic carbocycles. The third kappa shape index (κ3) is 2.29. The quantitative estimate of drug-likeness (QED) is 0.779. The van der Waals surface area contributed by atoms with Crippen molar-refractivity contribution >= 4 is 0 Å². The fourth-order valence-corrected chi connectivity index (χ4v) is 1.98. The lowest BCUT2D eigenvalue weighted by Gasteiger charge is -2.06. The second-order valence-electron chi connectivity index (χ2n) is 4.23. The summed E-state index contributed by atoms with van der Waals surface area (Å²) in [7, 11) is 1.67. The fraction of sp³-hybridized carbons (Fsp3) is 0.417. The monoisotopic (exact) mass is 262 g/mol. The summed E-state index contributed by atoms with van der Waals surface area (Å²) in [6, 6.07) is 5.49. The van der Waals surface area contributed by atoms with Crippen molar-refractivity contribution in [1.29, 1.82) is 0 Å². The van der Waals surface area contributed by atoms with Crippen molar-refractivity contribution in [2.24, 2.45) is 7.05 Å². The highest BCUT2D eigenvalue weighted by Crippen LogP contribution is 2.11. The molecule has 0 atom stereocenters. The minimum atomic E-state index is -0.399. The van der Waals surface area contributed by atoms with E-state index in [2.05, 4.69) is 10.1 Å². The molecular weight excluding hydrogens is 248 g/mol. The van der Waals surface area contributed by atoms with Crippen molar-refractivity contribution in [2.45, 2.75) is 12.8 Å². The van der Waals surface area contributed by atoms with Gasteiger partial charge in [0.05, 0.1) is 19.8 Å². The molecular formula is C12H14N4O3. The second kappa shape index (κ2) is 4.94. The molecule has 1 aliphatic rings. The number of nitrogens with zero attached hydrogens (tertiary/aromatic N) is 4. The minimum absolute atomic E-state index is 0.209. The van der Waals surface area contributed by atoms with Gasteiger partial charge < -0.3 is 9.47 Å². The third-order valence-electron chi connectivity index (χ3n) is 2.95.